The number of hydrogen-bond donors (Lipinski definition) is 0. The third-order valence-corrected chi connectivity index (χ3v) is 4.68. The van der Waals surface area contributed by atoms with Crippen LogP contribution in [0.1, 0.15) is 35.1 Å². The van der Waals surface area contributed by atoms with E-state index in [9.17, 15) is 13.2 Å². The van der Waals surface area contributed by atoms with Crippen LogP contribution < -0.4 is 0 Å². The monoisotopic (exact) mass is 355 g/mol. The summed E-state index contributed by atoms with van der Waals surface area (Å²) in [5, 5.41) is 7.46. The van der Waals surface area contributed by atoms with Crippen LogP contribution >= 0.6 is 11.6 Å². The van der Waals surface area contributed by atoms with Crippen molar-refractivity contribution in [2.45, 2.75) is 24.1 Å². The van der Waals surface area contributed by atoms with Crippen molar-refractivity contribution >= 4 is 27.3 Å². The molecule has 7 nitrogen and oxygen atoms in total. The maximum atomic E-state index is 12.6. The van der Waals surface area contributed by atoms with Gasteiger partial charge in [-0.15, -0.1) is 5.10 Å². The molecule has 3 rings (SSSR count). The van der Waals surface area contributed by atoms with Gasteiger partial charge in [0.15, 0.2) is 0 Å². The van der Waals surface area contributed by atoms with Gasteiger partial charge < -0.3 is 9.32 Å². The Labute approximate surface area is 138 Å². The zero-order valence-electron chi connectivity index (χ0n) is 12.3. The zero-order valence-corrected chi connectivity index (χ0v) is 13.8. The molecule has 2 aromatic rings. The highest BCUT2D eigenvalue weighted by molar-refractivity contribution is 7.90. The van der Waals surface area contributed by atoms with Crippen molar-refractivity contribution in [3.63, 3.8) is 0 Å². The quantitative estimate of drug-likeness (QED) is 0.837. The van der Waals surface area contributed by atoms with Crippen LogP contribution in [-0.4, -0.2) is 42.2 Å². The van der Waals surface area contributed by atoms with Crippen molar-refractivity contribution in [2.75, 3.05) is 12.8 Å². The molecule has 0 saturated carbocycles. The number of rotatable bonds is 3. The SMILES string of the molecule is CS(=O)(=O)c1nnc([C@@H]2CCCN2C(=O)c2ccc(Cl)cc2)o1. The molecule has 2 heterocycles. The molecule has 1 aliphatic rings. The molecular formula is C14H14ClN3O4S. The van der Waals surface area contributed by atoms with Gasteiger partial charge in [0.1, 0.15) is 6.04 Å². The third-order valence-electron chi connectivity index (χ3n) is 3.63. The van der Waals surface area contributed by atoms with Crippen LogP contribution in [0.15, 0.2) is 33.9 Å². The summed E-state index contributed by atoms with van der Waals surface area (Å²) in [5.41, 5.74) is 0.504. The lowest BCUT2D eigenvalue weighted by atomic mass is 10.1. The Balaban J connectivity index is 1.87. The lowest BCUT2D eigenvalue weighted by Gasteiger charge is -2.22. The van der Waals surface area contributed by atoms with E-state index in [-0.39, 0.29) is 11.8 Å². The minimum Gasteiger partial charge on any atom is -0.410 e. The molecule has 122 valence electrons. The predicted molar refractivity (Wildman–Crippen MR) is 81.9 cm³/mol. The normalized spacial score (nSPS) is 18.3. The van der Waals surface area contributed by atoms with Crippen molar-refractivity contribution in [1.29, 1.82) is 0 Å². The molecule has 0 bridgehead atoms. The van der Waals surface area contributed by atoms with Gasteiger partial charge in [0.2, 0.25) is 15.7 Å². The van der Waals surface area contributed by atoms with E-state index in [1.807, 2.05) is 0 Å². The van der Waals surface area contributed by atoms with Crippen LogP contribution in [0.25, 0.3) is 0 Å². The van der Waals surface area contributed by atoms with Crippen LogP contribution in [0.2, 0.25) is 5.02 Å². The van der Waals surface area contributed by atoms with Crippen LogP contribution in [0.3, 0.4) is 0 Å². The van der Waals surface area contributed by atoms with Gasteiger partial charge in [-0.25, -0.2) is 8.42 Å². The summed E-state index contributed by atoms with van der Waals surface area (Å²) in [7, 11) is -3.56. The second-order valence-electron chi connectivity index (χ2n) is 5.34. The van der Waals surface area contributed by atoms with Crippen molar-refractivity contribution in [3.05, 3.63) is 40.7 Å². The molecule has 0 unspecified atom stereocenters. The molecule has 0 aliphatic carbocycles. The summed E-state index contributed by atoms with van der Waals surface area (Å²) in [4.78, 5) is 14.2. The summed E-state index contributed by atoms with van der Waals surface area (Å²) in [6.07, 6.45) is 2.42. The first-order valence-electron chi connectivity index (χ1n) is 6.96. The smallest absolute Gasteiger partial charge is 0.335 e. The van der Waals surface area contributed by atoms with Gasteiger partial charge in [0, 0.05) is 23.4 Å². The number of halogens is 1. The second kappa shape index (κ2) is 5.93. The van der Waals surface area contributed by atoms with E-state index in [0.29, 0.717) is 23.6 Å². The summed E-state index contributed by atoms with van der Waals surface area (Å²) in [5.74, 6) is -0.0338. The average Bonchev–Trinajstić information content (AvgIpc) is 3.15. The molecule has 1 amide bonds. The first-order chi connectivity index (χ1) is 10.9. The Kier molecular flexibility index (Phi) is 4.11. The largest absolute Gasteiger partial charge is 0.410 e. The minimum absolute atomic E-state index is 0.144. The van der Waals surface area contributed by atoms with Crippen LogP contribution in [0.5, 0.6) is 0 Å². The van der Waals surface area contributed by atoms with Gasteiger partial charge in [-0.1, -0.05) is 16.7 Å². The lowest BCUT2D eigenvalue weighted by Crippen LogP contribution is -2.30. The van der Waals surface area contributed by atoms with Gasteiger partial charge in [-0.3, -0.25) is 4.79 Å². The zero-order chi connectivity index (χ0) is 16.6. The number of carbonyl (C=O) groups excluding carboxylic acids is 1. The predicted octanol–water partition coefficient (Wildman–Crippen LogP) is 2.10. The Bertz CT molecular complexity index is 832. The molecule has 23 heavy (non-hydrogen) atoms. The molecule has 1 atom stereocenters. The Morgan fingerprint density at radius 2 is 2.00 bits per heavy atom. The Morgan fingerprint density at radius 1 is 1.30 bits per heavy atom. The molecule has 9 heteroatoms. The highest BCUT2D eigenvalue weighted by Gasteiger charge is 2.35. The molecular weight excluding hydrogens is 342 g/mol. The highest BCUT2D eigenvalue weighted by Crippen LogP contribution is 2.33. The second-order valence-corrected chi connectivity index (χ2v) is 7.67. The summed E-state index contributed by atoms with van der Waals surface area (Å²) < 4.78 is 28.1. The molecule has 1 aliphatic heterocycles. The number of sulfone groups is 1. The maximum absolute atomic E-state index is 12.6. The van der Waals surface area contributed by atoms with Crippen molar-refractivity contribution in [1.82, 2.24) is 15.1 Å². The Morgan fingerprint density at radius 3 is 2.61 bits per heavy atom. The molecule has 1 aromatic heterocycles. The lowest BCUT2D eigenvalue weighted by molar-refractivity contribution is 0.0712. The standard InChI is InChI=1S/C14H14ClN3O4S/c1-23(20,21)14-17-16-12(22-14)11-3-2-8-18(11)13(19)9-4-6-10(15)7-5-9/h4-7,11H,2-3,8H2,1H3/t11-/m0/s1. The fraction of sp³-hybridized carbons (Fsp3) is 0.357. The van der Waals surface area contributed by atoms with Gasteiger partial charge in [0.25, 0.3) is 5.91 Å². The molecule has 1 fully saturated rings. The molecule has 1 saturated heterocycles. The first kappa shape index (κ1) is 15.9. The average molecular weight is 356 g/mol. The third kappa shape index (κ3) is 3.23. The number of carbonyl (C=O) groups is 1. The van der Waals surface area contributed by atoms with E-state index in [0.717, 1.165) is 12.7 Å². The summed E-state index contributed by atoms with van der Waals surface area (Å²) in [6, 6.07) is 6.18. The molecule has 0 spiro atoms. The number of likely N-dealkylation sites (tertiary alicyclic amines) is 1. The minimum atomic E-state index is -3.56. The number of benzene rings is 1. The van der Waals surface area contributed by atoms with E-state index in [1.165, 1.54) is 0 Å². The maximum Gasteiger partial charge on any atom is 0.335 e. The van der Waals surface area contributed by atoms with E-state index < -0.39 is 21.1 Å². The fourth-order valence-corrected chi connectivity index (χ4v) is 3.08. The topological polar surface area (TPSA) is 93.4 Å². The van der Waals surface area contributed by atoms with E-state index in [2.05, 4.69) is 10.2 Å². The van der Waals surface area contributed by atoms with Crippen LogP contribution in [0.4, 0.5) is 0 Å². The molecule has 0 radical (unpaired) electrons. The van der Waals surface area contributed by atoms with Gasteiger partial charge in [-0.05, 0) is 37.1 Å². The van der Waals surface area contributed by atoms with Crippen LogP contribution in [-0.2, 0) is 9.84 Å². The van der Waals surface area contributed by atoms with Gasteiger partial charge in [0.05, 0.1) is 0 Å². The summed E-state index contributed by atoms with van der Waals surface area (Å²) in [6.45, 7) is 0.544. The first-order valence-corrected chi connectivity index (χ1v) is 9.23. The molecule has 1 aromatic carbocycles. The van der Waals surface area contributed by atoms with Gasteiger partial charge in [-0.2, -0.15) is 0 Å². The number of aromatic nitrogens is 2. The molecule has 0 N–H and O–H groups in total. The fourth-order valence-electron chi connectivity index (χ4n) is 2.53. The van der Waals surface area contributed by atoms with E-state index >= 15 is 0 Å². The van der Waals surface area contributed by atoms with Crippen molar-refractivity contribution in [2.24, 2.45) is 0 Å². The van der Waals surface area contributed by atoms with Crippen molar-refractivity contribution in [3.8, 4) is 0 Å². The van der Waals surface area contributed by atoms with Crippen molar-refractivity contribution < 1.29 is 17.6 Å². The van der Waals surface area contributed by atoms with E-state index in [4.69, 9.17) is 16.0 Å². The van der Waals surface area contributed by atoms with Crippen LogP contribution in [0, 0.1) is 0 Å². The summed E-state index contributed by atoms with van der Waals surface area (Å²) >= 11 is 5.83. The number of hydrogen-bond acceptors (Lipinski definition) is 6. The van der Waals surface area contributed by atoms with Gasteiger partial charge >= 0.3 is 5.22 Å². The number of nitrogens with zero attached hydrogens (tertiary/aromatic N) is 3. The Hall–Kier alpha value is -1.93. The highest BCUT2D eigenvalue weighted by atomic mass is 35.5. The van der Waals surface area contributed by atoms with E-state index in [1.54, 1.807) is 29.2 Å². The number of amides is 1.